The summed E-state index contributed by atoms with van der Waals surface area (Å²) in [5.74, 6) is -0.0818. The van der Waals surface area contributed by atoms with Crippen molar-refractivity contribution in [3.05, 3.63) is 136 Å². The van der Waals surface area contributed by atoms with Crippen molar-refractivity contribution in [2.45, 2.75) is 32.2 Å². The number of amides is 1. The molecule has 1 heterocycles. The Hall–Kier alpha value is -4.21. The zero-order chi connectivity index (χ0) is 27.1. The molecule has 0 unspecified atom stereocenters. The maximum atomic E-state index is 13.0. The molecule has 1 N–H and O–H groups in total. The highest BCUT2D eigenvalue weighted by Gasteiger charge is 2.37. The molecule has 0 spiro atoms. The van der Waals surface area contributed by atoms with Gasteiger partial charge in [0.05, 0.1) is 6.54 Å². The highest BCUT2D eigenvalue weighted by Crippen LogP contribution is 2.44. The number of hydrogen-bond acceptors (Lipinski definition) is 1. The van der Waals surface area contributed by atoms with Crippen LogP contribution in [0.5, 0.6) is 0 Å². The molecule has 0 saturated carbocycles. The number of rotatable bonds is 5. The maximum Gasteiger partial charge on any atom is 0.251 e. The normalized spacial score (nSPS) is 13.0. The molecule has 3 nitrogen and oxygen atoms in total. The molecule has 0 aliphatic heterocycles. The molecule has 7 rings (SSSR count). The number of aromatic nitrogens is 1. The van der Waals surface area contributed by atoms with Crippen LogP contribution in [-0.2, 0) is 32.2 Å². The first-order chi connectivity index (χ1) is 19.7. The van der Waals surface area contributed by atoms with Crippen molar-refractivity contribution in [1.29, 1.82) is 0 Å². The van der Waals surface area contributed by atoms with Crippen LogP contribution in [0.3, 0.4) is 0 Å². The molecule has 0 atom stereocenters. The van der Waals surface area contributed by atoms with Crippen LogP contribution in [0.4, 0.5) is 0 Å². The number of hydrogen-bond donors (Lipinski definition) is 1. The lowest BCUT2D eigenvalue weighted by Gasteiger charge is -2.28. The number of halogens is 1. The van der Waals surface area contributed by atoms with E-state index < -0.39 is 0 Å². The molecule has 1 amide bonds. The summed E-state index contributed by atoms with van der Waals surface area (Å²) >= 11 is 6.04. The fourth-order valence-electron chi connectivity index (χ4n) is 6.58. The quantitative estimate of drug-likeness (QED) is 0.233. The van der Waals surface area contributed by atoms with Gasteiger partial charge in [-0.3, -0.25) is 4.79 Å². The summed E-state index contributed by atoms with van der Waals surface area (Å²) in [6, 6.07) is 35.6. The minimum atomic E-state index is -0.0818. The first-order valence-corrected chi connectivity index (χ1v) is 14.4. The Kier molecular flexibility index (Phi) is 6.45. The third kappa shape index (κ3) is 4.31. The van der Waals surface area contributed by atoms with Crippen LogP contribution in [0.15, 0.2) is 103 Å². The highest BCUT2D eigenvalue weighted by molar-refractivity contribution is 6.30. The molecule has 0 bridgehead atoms. The van der Waals surface area contributed by atoms with Gasteiger partial charge in [-0.05, 0) is 78.8 Å². The van der Waals surface area contributed by atoms with Crippen LogP contribution in [0.25, 0.3) is 33.6 Å². The lowest BCUT2D eigenvalue weighted by Crippen LogP contribution is -2.47. The summed E-state index contributed by atoms with van der Waals surface area (Å²) < 4.78 is 2.51. The molecule has 2 aliphatic rings. The third-order valence-corrected chi connectivity index (χ3v) is 8.59. The van der Waals surface area contributed by atoms with E-state index in [4.69, 9.17) is 11.6 Å². The molecule has 0 fully saturated rings. The second kappa shape index (κ2) is 10.4. The number of carbonyl (C=O) groups excluding carboxylic acids is 1. The lowest BCUT2D eigenvalue weighted by molar-refractivity contribution is -0.674. The monoisotopic (exact) mass is 541 g/mol. The second-order valence-corrected chi connectivity index (χ2v) is 11.1. The lowest BCUT2D eigenvalue weighted by atomic mass is 9.77. The van der Waals surface area contributed by atoms with Gasteiger partial charge in [0.2, 0.25) is 11.4 Å². The van der Waals surface area contributed by atoms with Crippen molar-refractivity contribution in [1.82, 2.24) is 5.32 Å². The second-order valence-electron chi connectivity index (χ2n) is 10.6. The van der Waals surface area contributed by atoms with Gasteiger partial charge in [0.1, 0.15) is 0 Å². The van der Waals surface area contributed by atoms with E-state index in [1.807, 2.05) is 0 Å². The van der Waals surface area contributed by atoms with Gasteiger partial charge < -0.3 is 5.32 Å². The van der Waals surface area contributed by atoms with E-state index in [1.54, 1.807) is 24.3 Å². The van der Waals surface area contributed by atoms with E-state index in [9.17, 15) is 4.79 Å². The molecule has 0 radical (unpaired) electrons. The van der Waals surface area contributed by atoms with Gasteiger partial charge in [0.15, 0.2) is 6.54 Å². The van der Waals surface area contributed by atoms with Crippen molar-refractivity contribution in [3.63, 3.8) is 0 Å². The van der Waals surface area contributed by atoms with Crippen LogP contribution in [0, 0.1) is 0 Å². The molecule has 1 aromatic heterocycles. The number of aryl methyl sites for hydroxylation is 2. The average Bonchev–Trinajstić information content (AvgIpc) is 3.01. The van der Waals surface area contributed by atoms with Crippen LogP contribution < -0.4 is 9.88 Å². The van der Waals surface area contributed by atoms with Crippen LogP contribution in [-0.4, -0.2) is 12.5 Å². The molecule has 4 heteroatoms. The summed E-state index contributed by atoms with van der Waals surface area (Å²) in [7, 11) is 0. The molecule has 4 aromatic carbocycles. The van der Waals surface area contributed by atoms with Crippen LogP contribution in [0.1, 0.15) is 32.6 Å². The SMILES string of the molecule is O=C(NCC[n+]1c2c(c(-c3ccccc3)c3c1-c1ccccc1CC3)CCc1ccccc1-2)c1ccc(Cl)cc1. The van der Waals surface area contributed by atoms with Crippen molar-refractivity contribution >= 4 is 17.5 Å². The van der Waals surface area contributed by atoms with Gasteiger partial charge in [0.25, 0.3) is 5.91 Å². The summed E-state index contributed by atoms with van der Waals surface area (Å²) in [5, 5.41) is 3.80. The summed E-state index contributed by atoms with van der Waals surface area (Å²) in [6.45, 7) is 1.21. The molecule has 40 heavy (non-hydrogen) atoms. The minimum Gasteiger partial charge on any atom is -0.346 e. The molecular formula is C36H30ClN2O+. The first kappa shape index (κ1) is 24.8. The van der Waals surface area contributed by atoms with E-state index in [-0.39, 0.29) is 5.91 Å². The molecule has 5 aromatic rings. The van der Waals surface area contributed by atoms with Crippen molar-refractivity contribution < 1.29 is 9.36 Å². The van der Waals surface area contributed by atoms with E-state index in [1.165, 1.54) is 55.9 Å². The van der Waals surface area contributed by atoms with Crippen LogP contribution >= 0.6 is 11.6 Å². The van der Waals surface area contributed by atoms with E-state index in [0.29, 0.717) is 23.7 Å². The largest absolute Gasteiger partial charge is 0.346 e. The number of pyridine rings is 1. The van der Waals surface area contributed by atoms with Crippen LogP contribution in [0.2, 0.25) is 5.02 Å². The zero-order valence-electron chi connectivity index (χ0n) is 22.3. The fourth-order valence-corrected chi connectivity index (χ4v) is 6.70. The van der Waals surface area contributed by atoms with Gasteiger partial charge >= 0.3 is 0 Å². The smallest absolute Gasteiger partial charge is 0.251 e. The number of benzene rings is 4. The Morgan fingerprint density at radius 2 is 1.23 bits per heavy atom. The zero-order valence-corrected chi connectivity index (χ0v) is 23.0. The van der Waals surface area contributed by atoms with Crippen molar-refractivity contribution in [2.75, 3.05) is 6.54 Å². The molecule has 2 aliphatic carbocycles. The van der Waals surface area contributed by atoms with E-state index in [2.05, 4.69) is 88.7 Å². The number of fused-ring (bicyclic) bond motifs is 6. The standard InChI is InChI=1S/C36H29ClN2O/c37-28-18-14-27(15-19-28)36(40)38-22-23-39-34-29-12-6-4-8-24(29)16-20-31(34)33(26-10-2-1-3-11-26)32-21-17-25-9-5-7-13-30(25)35(32)39/h1-15,18-19H,16-17,20-23H2/p+1. The maximum absolute atomic E-state index is 13.0. The average molecular weight is 542 g/mol. The molecule has 0 saturated heterocycles. The Morgan fingerprint density at radius 1 is 0.675 bits per heavy atom. The topological polar surface area (TPSA) is 33.0 Å². The summed E-state index contributed by atoms with van der Waals surface area (Å²) in [6.07, 6.45) is 4.07. The summed E-state index contributed by atoms with van der Waals surface area (Å²) in [4.78, 5) is 13.0. The third-order valence-electron chi connectivity index (χ3n) is 8.34. The minimum absolute atomic E-state index is 0.0818. The first-order valence-electron chi connectivity index (χ1n) is 14.1. The van der Waals surface area contributed by atoms with Gasteiger partial charge in [0, 0.05) is 38.4 Å². The van der Waals surface area contributed by atoms with E-state index in [0.717, 1.165) is 25.7 Å². The van der Waals surface area contributed by atoms with E-state index >= 15 is 0 Å². The van der Waals surface area contributed by atoms with Gasteiger partial charge in [-0.15, -0.1) is 0 Å². The Bertz CT molecular complexity index is 1670. The molecule has 196 valence electrons. The van der Waals surface area contributed by atoms with Gasteiger partial charge in [-0.25, -0.2) is 0 Å². The Balaban J connectivity index is 1.42. The summed E-state index contributed by atoms with van der Waals surface area (Å²) in [5.41, 5.74) is 14.1. The van der Waals surface area contributed by atoms with Crippen molar-refractivity contribution in [2.24, 2.45) is 0 Å². The Morgan fingerprint density at radius 3 is 1.82 bits per heavy atom. The van der Waals surface area contributed by atoms with Gasteiger partial charge in [-0.2, -0.15) is 4.57 Å². The molecular weight excluding hydrogens is 512 g/mol. The van der Waals surface area contributed by atoms with Gasteiger partial charge in [-0.1, -0.05) is 78.3 Å². The predicted molar refractivity (Wildman–Crippen MR) is 162 cm³/mol. The Labute approximate surface area is 240 Å². The predicted octanol–water partition coefficient (Wildman–Crippen LogP) is 7.26. The van der Waals surface area contributed by atoms with Crippen molar-refractivity contribution in [3.8, 4) is 33.6 Å². The number of carbonyl (C=O) groups is 1. The fraction of sp³-hybridized carbons (Fsp3) is 0.167. The number of nitrogens with zero attached hydrogens (tertiary/aromatic N) is 1. The highest BCUT2D eigenvalue weighted by atomic mass is 35.5. The number of nitrogens with one attached hydrogen (secondary N) is 1.